The molecule has 3 N–H and O–H groups in total. The van der Waals surface area contributed by atoms with E-state index < -0.39 is 0 Å². The van der Waals surface area contributed by atoms with Gasteiger partial charge in [-0.2, -0.15) is 0 Å². The van der Waals surface area contributed by atoms with Crippen LogP contribution in [-0.4, -0.2) is 11.7 Å². The van der Waals surface area contributed by atoms with Crippen molar-refractivity contribution in [1.29, 1.82) is 0 Å². The maximum Gasteiger partial charge on any atom is 0.185 e. The maximum absolute atomic E-state index is 5.85. The number of anilines is 1. The van der Waals surface area contributed by atoms with Gasteiger partial charge in [0.25, 0.3) is 0 Å². The van der Waals surface area contributed by atoms with E-state index in [2.05, 4.69) is 22.7 Å². The molecule has 0 saturated carbocycles. The van der Waals surface area contributed by atoms with Crippen LogP contribution >= 0.6 is 35.4 Å². The minimum atomic E-state index is 0.478. The molecule has 0 aliphatic heterocycles. The molecule has 0 radical (unpaired) electrons. The highest BCUT2D eigenvalue weighted by atomic mass is 35.5. The van der Waals surface area contributed by atoms with Gasteiger partial charge in [0.05, 0.1) is 15.7 Å². The molecule has 0 aliphatic rings. The van der Waals surface area contributed by atoms with Gasteiger partial charge >= 0.3 is 0 Å². The van der Waals surface area contributed by atoms with Gasteiger partial charge in [-0.1, -0.05) is 29.3 Å². The molecule has 1 rings (SSSR count). The van der Waals surface area contributed by atoms with E-state index in [1.165, 1.54) is 0 Å². The third kappa shape index (κ3) is 4.26. The van der Waals surface area contributed by atoms with Crippen molar-refractivity contribution in [2.45, 2.75) is 0 Å². The summed E-state index contributed by atoms with van der Waals surface area (Å²) >= 11 is 16.6. The SMILES string of the molecule is C=CCNC(=S)NNc1ccc(Cl)c(Cl)c1. The van der Waals surface area contributed by atoms with E-state index >= 15 is 0 Å². The van der Waals surface area contributed by atoms with Crippen LogP contribution < -0.4 is 16.2 Å². The van der Waals surface area contributed by atoms with Crippen LogP contribution in [0.5, 0.6) is 0 Å². The monoisotopic (exact) mass is 275 g/mol. The lowest BCUT2D eigenvalue weighted by Gasteiger charge is -2.11. The van der Waals surface area contributed by atoms with Crippen molar-refractivity contribution in [1.82, 2.24) is 10.7 Å². The van der Waals surface area contributed by atoms with Crippen LogP contribution in [0.3, 0.4) is 0 Å². The molecule has 1 aromatic carbocycles. The van der Waals surface area contributed by atoms with E-state index in [4.69, 9.17) is 35.4 Å². The molecule has 0 heterocycles. The first-order chi connectivity index (χ1) is 7.63. The Morgan fingerprint density at radius 1 is 1.38 bits per heavy atom. The standard InChI is InChI=1S/C10H11Cl2N3S/c1-2-5-13-10(16)15-14-7-3-4-8(11)9(12)6-7/h2-4,6,14H,1,5H2,(H2,13,15,16). The van der Waals surface area contributed by atoms with Gasteiger partial charge in [0, 0.05) is 6.54 Å². The van der Waals surface area contributed by atoms with E-state index in [1.807, 2.05) is 0 Å². The largest absolute Gasteiger partial charge is 0.358 e. The zero-order valence-electron chi connectivity index (χ0n) is 8.39. The molecule has 0 atom stereocenters. The summed E-state index contributed by atoms with van der Waals surface area (Å²) in [5.41, 5.74) is 6.47. The van der Waals surface area contributed by atoms with Crippen LogP contribution in [0.1, 0.15) is 0 Å². The molecular weight excluding hydrogens is 265 g/mol. The molecule has 6 heteroatoms. The number of halogens is 2. The molecule has 0 spiro atoms. The smallest absolute Gasteiger partial charge is 0.185 e. The van der Waals surface area contributed by atoms with E-state index in [0.717, 1.165) is 5.69 Å². The molecule has 0 saturated heterocycles. The van der Waals surface area contributed by atoms with Crippen molar-refractivity contribution >= 4 is 46.2 Å². The van der Waals surface area contributed by atoms with Crippen molar-refractivity contribution in [3.05, 3.63) is 40.9 Å². The fourth-order valence-electron chi connectivity index (χ4n) is 0.912. The van der Waals surface area contributed by atoms with Crippen LogP contribution in [0.2, 0.25) is 10.0 Å². The first-order valence-electron chi connectivity index (χ1n) is 4.49. The molecule has 0 amide bonds. The van der Waals surface area contributed by atoms with Gasteiger partial charge < -0.3 is 5.32 Å². The van der Waals surface area contributed by atoms with Gasteiger partial charge in [-0.3, -0.25) is 10.9 Å². The van der Waals surface area contributed by atoms with Gasteiger partial charge in [-0.15, -0.1) is 6.58 Å². The second-order valence-electron chi connectivity index (χ2n) is 2.88. The number of hydrogen-bond donors (Lipinski definition) is 3. The normalized spacial score (nSPS) is 9.38. The Hall–Kier alpha value is -0.970. The van der Waals surface area contributed by atoms with Crippen molar-refractivity contribution in [2.24, 2.45) is 0 Å². The van der Waals surface area contributed by atoms with Crippen LogP contribution in [-0.2, 0) is 0 Å². The topological polar surface area (TPSA) is 36.1 Å². The number of hydrogen-bond acceptors (Lipinski definition) is 2. The predicted molar refractivity (Wildman–Crippen MR) is 74.0 cm³/mol. The summed E-state index contributed by atoms with van der Waals surface area (Å²) < 4.78 is 0. The Labute approximate surface area is 110 Å². The first-order valence-corrected chi connectivity index (χ1v) is 5.65. The average Bonchev–Trinajstić information content (AvgIpc) is 2.28. The number of hydrazine groups is 1. The van der Waals surface area contributed by atoms with E-state index in [9.17, 15) is 0 Å². The van der Waals surface area contributed by atoms with Gasteiger partial charge in [0.15, 0.2) is 5.11 Å². The molecule has 16 heavy (non-hydrogen) atoms. The van der Waals surface area contributed by atoms with E-state index in [0.29, 0.717) is 21.7 Å². The minimum Gasteiger partial charge on any atom is -0.358 e. The molecule has 0 unspecified atom stereocenters. The summed E-state index contributed by atoms with van der Waals surface area (Å²) in [5, 5.41) is 4.39. The molecule has 0 fully saturated rings. The molecular formula is C10H11Cl2N3S. The molecule has 86 valence electrons. The van der Waals surface area contributed by atoms with Crippen LogP contribution in [0, 0.1) is 0 Å². The summed E-state index contributed by atoms with van der Waals surface area (Å²) in [6, 6.07) is 5.19. The average molecular weight is 276 g/mol. The van der Waals surface area contributed by atoms with Crippen molar-refractivity contribution < 1.29 is 0 Å². The highest BCUT2D eigenvalue weighted by Crippen LogP contribution is 2.24. The van der Waals surface area contributed by atoms with Crippen LogP contribution in [0.25, 0.3) is 0 Å². The maximum atomic E-state index is 5.85. The third-order valence-electron chi connectivity index (χ3n) is 1.65. The highest BCUT2D eigenvalue weighted by molar-refractivity contribution is 7.80. The Bertz CT molecular complexity index is 396. The summed E-state index contributed by atoms with van der Waals surface area (Å²) in [4.78, 5) is 0. The van der Waals surface area contributed by atoms with Gasteiger partial charge in [0.1, 0.15) is 0 Å². The summed E-state index contributed by atoms with van der Waals surface area (Å²) in [7, 11) is 0. The zero-order chi connectivity index (χ0) is 12.0. The Kier molecular flexibility index (Phi) is 5.38. The first kappa shape index (κ1) is 13.1. The number of thiocarbonyl (C=S) groups is 1. The summed E-state index contributed by atoms with van der Waals surface area (Å²) in [5.74, 6) is 0. The quantitative estimate of drug-likeness (QED) is 0.449. The second kappa shape index (κ2) is 6.58. The fourth-order valence-corrected chi connectivity index (χ4v) is 1.34. The Morgan fingerprint density at radius 3 is 2.75 bits per heavy atom. The Balaban J connectivity index is 2.45. The summed E-state index contributed by atoms with van der Waals surface area (Å²) in [6.07, 6.45) is 1.72. The van der Waals surface area contributed by atoms with Crippen molar-refractivity contribution in [3.63, 3.8) is 0 Å². The summed E-state index contributed by atoms with van der Waals surface area (Å²) in [6.45, 7) is 4.18. The lowest BCUT2D eigenvalue weighted by Crippen LogP contribution is -2.38. The second-order valence-corrected chi connectivity index (χ2v) is 4.10. The van der Waals surface area contributed by atoms with E-state index in [1.54, 1.807) is 24.3 Å². The number of rotatable bonds is 4. The lowest BCUT2D eigenvalue weighted by atomic mass is 10.3. The van der Waals surface area contributed by atoms with Gasteiger partial charge in [0.2, 0.25) is 0 Å². The molecule has 0 aliphatic carbocycles. The van der Waals surface area contributed by atoms with Gasteiger partial charge in [-0.25, -0.2) is 0 Å². The number of nitrogens with one attached hydrogen (secondary N) is 3. The van der Waals surface area contributed by atoms with Crippen LogP contribution in [0.4, 0.5) is 5.69 Å². The van der Waals surface area contributed by atoms with Crippen molar-refractivity contribution in [2.75, 3.05) is 12.0 Å². The van der Waals surface area contributed by atoms with Gasteiger partial charge in [-0.05, 0) is 30.4 Å². The lowest BCUT2D eigenvalue weighted by molar-refractivity contribution is 0.979. The van der Waals surface area contributed by atoms with Crippen LogP contribution in [0.15, 0.2) is 30.9 Å². The molecule has 0 bridgehead atoms. The van der Waals surface area contributed by atoms with E-state index in [-0.39, 0.29) is 0 Å². The number of benzene rings is 1. The fraction of sp³-hybridized carbons (Fsp3) is 0.100. The Morgan fingerprint density at radius 2 is 2.12 bits per heavy atom. The predicted octanol–water partition coefficient (Wildman–Crippen LogP) is 2.97. The van der Waals surface area contributed by atoms with Crippen molar-refractivity contribution in [3.8, 4) is 0 Å². The minimum absolute atomic E-state index is 0.478. The molecule has 3 nitrogen and oxygen atoms in total. The zero-order valence-corrected chi connectivity index (χ0v) is 10.7. The third-order valence-corrected chi connectivity index (χ3v) is 2.63. The molecule has 0 aromatic heterocycles. The highest BCUT2D eigenvalue weighted by Gasteiger charge is 1.99. The molecule has 1 aromatic rings.